The second-order valence-corrected chi connectivity index (χ2v) is 6.91. The van der Waals surface area contributed by atoms with Gasteiger partial charge in [0.1, 0.15) is 5.82 Å². The minimum Gasteiger partial charge on any atom is -0.354 e. The van der Waals surface area contributed by atoms with Crippen molar-refractivity contribution < 1.29 is 0 Å². The van der Waals surface area contributed by atoms with Crippen LogP contribution in [-0.2, 0) is 0 Å². The second-order valence-electron chi connectivity index (χ2n) is 6.91. The molecule has 1 fully saturated rings. The van der Waals surface area contributed by atoms with Crippen molar-refractivity contribution in [2.75, 3.05) is 25.0 Å². The van der Waals surface area contributed by atoms with Crippen LogP contribution in [0.15, 0.2) is 42.7 Å². The van der Waals surface area contributed by atoms with Gasteiger partial charge in [-0.25, -0.2) is 9.67 Å². The molecule has 1 saturated heterocycles. The zero-order valence-corrected chi connectivity index (χ0v) is 15.5. The summed E-state index contributed by atoms with van der Waals surface area (Å²) in [6.07, 6.45) is 4.80. The monoisotopic (exact) mass is 348 g/mol. The van der Waals surface area contributed by atoms with Crippen molar-refractivity contribution in [2.45, 2.75) is 26.3 Å². The van der Waals surface area contributed by atoms with E-state index in [2.05, 4.69) is 64.6 Å². The first-order chi connectivity index (χ1) is 12.6. The lowest BCUT2D eigenvalue weighted by Gasteiger charge is -2.24. The van der Waals surface area contributed by atoms with E-state index in [-0.39, 0.29) is 0 Å². The number of hydrogen-bond acceptors (Lipinski definition) is 5. The number of aryl methyl sites for hydroxylation is 2. The Morgan fingerprint density at radius 1 is 1.15 bits per heavy atom. The number of aromatic nitrogens is 4. The Balaban J connectivity index is 1.59. The third-order valence-corrected chi connectivity index (χ3v) is 4.98. The Hall–Kier alpha value is -2.73. The van der Waals surface area contributed by atoms with Crippen molar-refractivity contribution in [1.29, 1.82) is 0 Å². The summed E-state index contributed by atoms with van der Waals surface area (Å²) in [5, 5.41) is 7.94. The van der Waals surface area contributed by atoms with E-state index >= 15 is 0 Å². The minimum atomic E-state index is 0.480. The van der Waals surface area contributed by atoms with Gasteiger partial charge in [-0.3, -0.25) is 4.98 Å². The fourth-order valence-corrected chi connectivity index (χ4v) is 3.49. The van der Waals surface area contributed by atoms with Gasteiger partial charge in [-0.05, 0) is 45.0 Å². The van der Waals surface area contributed by atoms with Crippen LogP contribution < -0.4 is 10.2 Å². The van der Waals surface area contributed by atoms with E-state index in [9.17, 15) is 0 Å². The molecule has 0 saturated carbocycles. The van der Waals surface area contributed by atoms with Crippen LogP contribution >= 0.6 is 0 Å². The van der Waals surface area contributed by atoms with Crippen molar-refractivity contribution in [3.63, 3.8) is 0 Å². The topological polar surface area (TPSA) is 58.9 Å². The van der Waals surface area contributed by atoms with Crippen LogP contribution in [0.3, 0.4) is 0 Å². The summed E-state index contributed by atoms with van der Waals surface area (Å²) in [7, 11) is 2.09. The van der Waals surface area contributed by atoms with E-state index < -0.39 is 0 Å². The Morgan fingerprint density at radius 3 is 2.62 bits per heavy atom. The molecule has 3 heterocycles. The van der Waals surface area contributed by atoms with Crippen LogP contribution in [0, 0.1) is 13.8 Å². The number of benzene rings is 1. The Kier molecular flexibility index (Phi) is 4.42. The van der Waals surface area contributed by atoms with Gasteiger partial charge in [-0.15, -0.1) is 0 Å². The van der Waals surface area contributed by atoms with Gasteiger partial charge >= 0.3 is 0 Å². The summed E-state index contributed by atoms with van der Waals surface area (Å²) in [5.41, 5.74) is 5.15. The van der Waals surface area contributed by atoms with Crippen molar-refractivity contribution in [1.82, 2.24) is 25.1 Å². The Morgan fingerprint density at radius 2 is 1.96 bits per heavy atom. The molecule has 1 aliphatic rings. The lowest BCUT2D eigenvalue weighted by atomic mass is 10.1. The first-order valence-electron chi connectivity index (χ1n) is 9.01. The highest BCUT2D eigenvalue weighted by molar-refractivity contribution is 5.62. The van der Waals surface area contributed by atoms with Crippen LogP contribution in [-0.4, -0.2) is 45.9 Å². The van der Waals surface area contributed by atoms with Crippen molar-refractivity contribution >= 4 is 5.82 Å². The number of likely N-dealkylation sites (N-methyl/N-ethyl adjacent to an activating group) is 1. The first-order valence-corrected chi connectivity index (χ1v) is 9.01. The van der Waals surface area contributed by atoms with Crippen molar-refractivity contribution in [3.05, 3.63) is 54.1 Å². The molecule has 1 N–H and O–H groups in total. The third kappa shape index (κ3) is 3.20. The molecule has 1 atom stereocenters. The summed E-state index contributed by atoms with van der Waals surface area (Å²) in [6, 6.07) is 10.9. The molecule has 26 heavy (non-hydrogen) atoms. The lowest BCUT2D eigenvalue weighted by molar-refractivity contribution is 0.676. The van der Waals surface area contributed by atoms with E-state index in [0.717, 1.165) is 53.7 Å². The first kappa shape index (κ1) is 16.7. The highest BCUT2D eigenvalue weighted by atomic mass is 15.3. The van der Waals surface area contributed by atoms with E-state index in [1.54, 1.807) is 0 Å². The number of hydrogen-bond donors (Lipinski definition) is 1. The predicted octanol–water partition coefficient (Wildman–Crippen LogP) is 2.74. The molecule has 134 valence electrons. The molecule has 0 amide bonds. The third-order valence-electron chi connectivity index (χ3n) is 4.98. The molecule has 3 aromatic rings. The highest BCUT2D eigenvalue weighted by Crippen LogP contribution is 2.23. The lowest BCUT2D eigenvalue weighted by Crippen LogP contribution is -2.34. The maximum absolute atomic E-state index is 4.82. The quantitative estimate of drug-likeness (QED) is 0.786. The summed E-state index contributed by atoms with van der Waals surface area (Å²) in [5.74, 6) is 0.916. The zero-order valence-electron chi connectivity index (χ0n) is 15.5. The minimum absolute atomic E-state index is 0.480. The second kappa shape index (κ2) is 6.88. The van der Waals surface area contributed by atoms with Gasteiger partial charge in [-0.2, -0.15) is 5.10 Å². The van der Waals surface area contributed by atoms with Crippen LogP contribution in [0.5, 0.6) is 0 Å². The van der Waals surface area contributed by atoms with Gasteiger partial charge < -0.3 is 10.2 Å². The van der Waals surface area contributed by atoms with E-state index in [4.69, 9.17) is 4.98 Å². The van der Waals surface area contributed by atoms with E-state index in [1.807, 2.05) is 24.0 Å². The molecule has 0 aliphatic carbocycles. The van der Waals surface area contributed by atoms with Crippen molar-refractivity contribution in [3.8, 4) is 16.9 Å². The largest absolute Gasteiger partial charge is 0.354 e. The standard InChI is InChI=1S/C20H24N6/c1-14-10-15(2)26(24-14)17-6-4-16(5-7-17)19-12-22-13-20(23-19)25(3)18-8-9-21-11-18/h4-7,10,12-13,18,21H,8-9,11H2,1-3H3. The maximum atomic E-state index is 4.82. The molecule has 0 spiro atoms. The number of nitrogens with one attached hydrogen (secondary N) is 1. The van der Waals surface area contributed by atoms with Gasteiger partial charge in [0.05, 0.1) is 29.5 Å². The molecule has 4 rings (SSSR count). The van der Waals surface area contributed by atoms with Gasteiger partial charge in [-0.1, -0.05) is 12.1 Å². The predicted molar refractivity (Wildman–Crippen MR) is 104 cm³/mol. The average Bonchev–Trinajstić information content (AvgIpc) is 3.31. The summed E-state index contributed by atoms with van der Waals surface area (Å²) in [4.78, 5) is 11.5. The maximum Gasteiger partial charge on any atom is 0.147 e. The van der Waals surface area contributed by atoms with Gasteiger partial charge in [0.2, 0.25) is 0 Å². The molecule has 1 aliphatic heterocycles. The van der Waals surface area contributed by atoms with Gasteiger partial charge in [0, 0.05) is 30.9 Å². The summed E-state index contributed by atoms with van der Waals surface area (Å²) >= 11 is 0. The smallest absolute Gasteiger partial charge is 0.147 e. The SMILES string of the molecule is Cc1cc(C)n(-c2ccc(-c3cncc(N(C)C4CCNC4)n3)cc2)n1. The van der Waals surface area contributed by atoms with Crippen LogP contribution in [0.1, 0.15) is 17.8 Å². The molecule has 1 unspecified atom stereocenters. The molecule has 0 bridgehead atoms. The number of nitrogens with zero attached hydrogens (tertiary/aromatic N) is 5. The molecule has 0 radical (unpaired) electrons. The van der Waals surface area contributed by atoms with E-state index in [1.165, 1.54) is 0 Å². The average molecular weight is 348 g/mol. The molecular formula is C20H24N6. The van der Waals surface area contributed by atoms with Crippen LogP contribution in [0.25, 0.3) is 16.9 Å². The fourth-order valence-electron chi connectivity index (χ4n) is 3.49. The fraction of sp³-hybridized carbons (Fsp3) is 0.350. The van der Waals surface area contributed by atoms with E-state index in [0.29, 0.717) is 6.04 Å². The zero-order chi connectivity index (χ0) is 18.1. The highest BCUT2D eigenvalue weighted by Gasteiger charge is 2.20. The molecule has 2 aromatic heterocycles. The van der Waals surface area contributed by atoms with Crippen molar-refractivity contribution in [2.24, 2.45) is 0 Å². The normalized spacial score (nSPS) is 16.8. The molecule has 6 nitrogen and oxygen atoms in total. The molecule has 6 heteroatoms. The van der Waals surface area contributed by atoms with Gasteiger partial charge in [0.15, 0.2) is 0 Å². The molecule has 1 aromatic carbocycles. The van der Waals surface area contributed by atoms with Crippen LogP contribution in [0.4, 0.5) is 5.82 Å². The summed E-state index contributed by atoms with van der Waals surface area (Å²) in [6.45, 7) is 6.14. The number of anilines is 1. The molecular weight excluding hydrogens is 324 g/mol. The summed E-state index contributed by atoms with van der Waals surface area (Å²) < 4.78 is 1.96. The Bertz CT molecular complexity index is 893. The Labute approximate surface area is 153 Å². The number of rotatable bonds is 4. The van der Waals surface area contributed by atoms with Crippen LogP contribution in [0.2, 0.25) is 0 Å². The van der Waals surface area contributed by atoms with Gasteiger partial charge in [0.25, 0.3) is 0 Å².